The molecule has 0 radical (unpaired) electrons. The van der Waals surface area contributed by atoms with Crippen molar-refractivity contribution in [2.75, 3.05) is 13.7 Å². The Kier molecular flexibility index (Phi) is 5.79. The average Bonchev–Trinajstić information content (AvgIpc) is 3.23. The first-order chi connectivity index (χ1) is 14.4. The van der Waals surface area contributed by atoms with Crippen LogP contribution in [0.1, 0.15) is 23.0 Å². The van der Waals surface area contributed by atoms with Crippen LogP contribution in [0.4, 0.5) is 0 Å². The molecule has 1 aromatic heterocycles. The molecule has 7 heteroatoms. The molecule has 0 saturated heterocycles. The normalized spacial score (nSPS) is 15.4. The first-order valence-electron chi connectivity index (χ1n) is 9.00. The third-order valence-electron chi connectivity index (χ3n) is 4.62. The fourth-order valence-corrected chi connectivity index (χ4v) is 3.07. The summed E-state index contributed by atoms with van der Waals surface area (Å²) in [4.78, 5) is 37.8. The molecule has 0 atom stereocenters. The molecule has 0 fully saturated rings. The van der Waals surface area contributed by atoms with Crippen LogP contribution in [0, 0.1) is 11.3 Å². The predicted molar refractivity (Wildman–Crippen MR) is 109 cm³/mol. The van der Waals surface area contributed by atoms with Crippen LogP contribution < -0.4 is 0 Å². The van der Waals surface area contributed by atoms with Gasteiger partial charge in [0.25, 0.3) is 11.8 Å². The van der Waals surface area contributed by atoms with E-state index in [2.05, 4.69) is 6.58 Å². The van der Waals surface area contributed by atoms with Crippen LogP contribution in [-0.4, -0.2) is 36.3 Å². The van der Waals surface area contributed by atoms with Gasteiger partial charge in [0, 0.05) is 17.7 Å². The maximum Gasteiger partial charge on any atom is 0.337 e. The molecule has 0 unspecified atom stereocenters. The molecule has 0 bridgehead atoms. The Morgan fingerprint density at radius 1 is 1.27 bits per heavy atom. The summed E-state index contributed by atoms with van der Waals surface area (Å²) < 4.78 is 10.5. The third-order valence-corrected chi connectivity index (χ3v) is 4.62. The minimum atomic E-state index is -0.642. The summed E-state index contributed by atoms with van der Waals surface area (Å²) in [5.74, 6) is -0.785. The quantitative estimate of drug-likeness (QED) is 0.328. The Morgan fingerprint density at radius 3 is 2.70 bits per heavy atom. The highest BCUT2D eigenvalue weighted by Gasteiger charge is 2.34. The van der Waals surface area contributed by atoms with Crippen molar-refractivity contribution in [1.82, 2.24) is 4.90 Å². The monoisotopic (exact) mass is 402 g/mol. The fourth-order valence-electron chi connectivity index (χ4n) is 3.07. The smallest absolute Gasteiger partial charge is 0.337 e. The number of methoxy groups -OCH3 is 1. The second-order valence-electron chi connectivity index (χ2n) is 6.45. The van der Waals surface area contributed by atoms with E-state index in [4.69, 9.17) is 9.15 Å². The number of nitriles is 1. The van der Waals surface area contributed by atoms with Gasteiger partial charge in [0.15, 0.2) is 0 Å². The predicted octanol–water partition coefficient (Wildman–Crippen LogP) is 3.51. The minimum Gasteiger partial charge on any atom is -0.465 e. The molecule has 150 valence electrons. The van der Waals surface area contributed by atoms with Crippen LogP contribution >= 0.6 is 0 Å². The van der Waals surface area contributed by atoms with Crippen LogP contribution in [-0.2, 0) is 14.3 Å². The number of ether oxygens (including phenoxy) is 1. The van der Waals surface area contributed by atoms with Crippen molar-refractivity contribution in [2.24, 2.45) is 0 Å². The van der Waals surface area contributed by atoms with Gasteiger partial charge in [-0.2, -0.15) is 5.26 Å². The van der Waals surface area contributed by atoms with Crippen LogP contribution in [0.15, 0.2) is 70.2 Å². The van der Waals surface area contributed by atoms with Crippen LogP contribution in [0.5, 0.6) is 0 Å². The number of carbonyl (C=O) groups excluding carboxylic acids is 3. The van der Waals surface area contributed by atoms with E-state index in [1.165, 1.54) is 19.3 Å². The summed E-state index contributed by atoms with van der Waals surface area (Å²) in [5.41, 5.74) is 1.42. The maximum absolute atomic E-state index is 12.8. The number of imide groups is 1. The Bertz CT molecular complexity index is 1160. The second kappa shape index (κ2) is 8.45. The molecule has 0 saturated carbocycles. The summed E-state index contributed by atoms with van der Waals surface area (Å²) in [7, 11) is 1.30. The Balaban J connectivity index is 2.01. The standard InChI is InChI=1S/C23H18N2O5/c1-4-10-25-21(26)18(14(2)19(13-24)22(25)27)12-17-8-9-20(30-17)15-6-5-7-16(11-15)23(28)29-3/h4-9,11-12H,1,10H2,2-3H3/b18-12+. The number of amides is 2. The zero-order valence-corrected chi connectivity index (χ0v) is 16.5. The lowest BCUT2D eigenvalue weighted by atomic mass is 9.94. The first kappa shape index (κ1) is 20.6. The van der Waals surface area contributed by atoms with Gasteiger partial charge in [-0.15, -0.1) is 6.58 Å². The first-order valence-corrected chi connectivity index (χ1v) is 9.00. The van der Waals surface area contributed by atoms with E-state index in [1.807, 2.05) is 6.07 Å². The SMILES string of the molecule is C=CCN1C(=O)C(C#N)=C(C)/C(=C\c2ccc(-c3cccc(C(=O)OC)c3)o2)C1=O. The number of hydrogen-bond acceptors (Lipinski definition) is 6. The molecule has 30 heavy (non-hydrogen) atoms. The van der Waals surface area contributed by atoms with Gasteiger partial charge in [0.2, 0.25) is 0 Å². The van der Waals surface area contributed by atoms with Crippen LogP contribution in [0.25, 0.3) is 17.4 Å². The molecule has 0 spiro atoms. The highest BCUT2D eigenvalue weighted by atomic mass is 16.5. The van der Waals surface area contributed by atoms with E-state index in [0.717, 1.165) is 4.90 Å². The van der Waals surface area contributed by atoms with Gasteiger partial charge in [-0.05, 0) is 42.8 Å². The molecule has 3 rings (SSSR count). The molecule has 1 aliphatic heterocycles. The van der Waals surface area contributed by atoms with E-state index in [-0.39, 0.29) is 17.7 Å². The average molecular weight is 402 g/mol. The summed E-state index contributed by atoms with van der Waals surface area (Å²) in [6, 6.07) is 12.0. The number of esters is 1. The van der Waals surface area contributed by atoms with Crippen LogP contribution in [0.2, 0.25) is 0 Å². The fraction of sp³-hybridized carbons (Fsp3) is 0.130. The number of hydrogen-bond donors (Lipinski definition) is 0. The number of furan rings is 1. The lowest BCUT2D eigenvalue weighted by Crippen LogP contribution is -2.42. The van der Waals surface area contributed by atoms with E-state index >= 15 is 0 Å². The molecule has 1 aromatic carbocycles. The van der Waals surface area contributed by atoms with Gasteiger partial charge in [-0.1, -0.05) is 18.2 Å². The zero-order chi connectivity index (χ0) is 21.8. The Hall–Kier alpha value is -4.18. The third kappa shape index (κ3) is 3.71. The van der Waals surface area contributed by atoms with Gasteiger partial charge in [0.1, 0.15) is 23.2 Å². The molecule has 7 nitrogen and oxygen atoms in total. The number of carbonyl (C=O) groups is 3. The van der Waals surface area contributed by atoms with Crippen molar-refractivity contribution in [3.8, 4) is 17.4 Å². The van der Waals surface area contributed by atoms with Gasteiger partial charge in [0.05, 0.1) is 12.7 Å². The second-order valence-corrected chi connectivity index (χ2v) is 6.45. The van der Waals surface area contributed by atoms with Crippen molar-refractivity contribution < 1.29 is 23.5 Å². The van der Waals surface area contributed by atoms with E-state index in [9.17, 15) is 19.6 Å². The summed E-state index contributed by atoms with van der Waals surface area (Å²) in [5, 5.41) is 9.35. The minimum absolute atomic E-state index is 0.00279. The molecule has 0 N–H and O–H groups in total. The molecular weight excluding hydrogens is 384 g/mol. The summed E-state index contributed by atoms with van der Waals surface area (Å²) in [6.45, 7) is 5.10. The van der Waals surface area contributed by atoms with Gasteiger partial charge >= 0.3 is 5.97 Å². The molecule has 0 aliphatic carbocycles. The Morgan fingerprint density at radius 2 is 2.03 bits per heavy atom. The van der Waals surface area contributed by atoms with Crippen molar-refractivity contribution in [3.05, 3.63) is 77.1 Å². The van der Waals surface area contributed by atoms with E-state index in [1.54, 1.807) is 43.3 Å². The molecule has 2 heterocycles. The maximum atomic E-state index is 12.8. The number of rotatable bonds is 5. The largest absolute Gasteiger partial charge is 0.465 e. The van der Waals surface area contributed by atoms with Crippen molar-refractivity contribution >= 4 is 23.9 Å². The molecular formula is C23H18N2O5. The molecule has 2 amide bonds. The lowest BCUT2D eigenvalue weighted by Gasteiger charge is -2.26. The summed E-state index contributed by atoms with van der Waals surface area (Å²) >= 11 is 0. The highest BCUT2D eigenvalue weighted by Crippen LogP contribution is 2.29. The molecule has 2 aromatic rings. The Labute approximate surface area is 173 Å². The number of nitrogens with zero attached hydrogens (tertiary/aromatic N) is 2. The van der Waals surface area contributed by atoms with Gasteiger partial charge in [-0.25, -0.2) is 4.79 Å². The van der Waals surface area contributed by atoms with E-state index < -0.39 is 17.8 Å². The van der Waals surface area contributed by atoms with Crippen LogP contribution in [0.3, 0.4) is 0 Å². The topological polar surface area (TPSA) is 101 Å². The number of benzene rings is 1. The van der Waals surface area contributed by atoms with E-state index in [0.29, 0.717) is 28.2 Å². The van der Waals surface area contributed by atoms with Gasteiger partial charge in [-0.3, -0.25) is 14.5 Å². The van der Waals surface area contributed by atoms with Crippen molar-refractivity contribution in [3.63, 3.8) is 0 Å². The lowest BCUT2D eigenvalue weighted by molar-refractivity contribution is -0.139. The highest BCUT2D eigenvalue weighted by molar-refractivity contribution is 6.19. The zero-order valence-electron chi connectivity index (χ0n) is 16.5. The van der Waals surface area contributed by atoms with Gasteiger partial charge < -0.3 is 9.15 Å². The molecule has 1 aliphatic rings. The van der Waals surface area contributed by atoms with Crippen molar-refractivity contribution in [1.29, 1.82) is 5.26 Å². The summed E-state index contributed by atoms with van der Waals surface area (Å²) in [6.07, 6.45) is 2.91. The van der Waals surface area contributed by atoms with Crippen molar-refractivity contribution in [2.45, 2.75) is 6.92 Å².